The van der Waals surface area contributed by atoms with Gasteiger partial charge in [0, 0.05) is 6.42 Å². The summed E-state index contributed by atoms with van der Waals surface area (Å²) in [4.78, 5) is 23.2. The monoisotopic (exact) mass is 389 g/mol. The van der Waals surface area contributed by atoms with E-state index in [1.807, 2.05) is 42.5 Å². The van der Waals surface area contributed by atoms with Crippen LogP contribution < -0.4 is 10.1 Å². The number of hydrogen-bond donors (Lipinski definition) is 2. The van der Waals surface area contributed by atoms with Gasteiger partial charge in [-0.1, -0.05) is 54.6 Å². The fraction of sp³-hybridized carbons (Fsp3) is 0.167. The van der Waals surface area contributed by atoms with Gasteiger partial charge in [-0.15, -0.1) is 0 Å². The molecular formula is C24H23NO4. The fourth-order valence-electron chi connectivity index (χ4n) is 2.96. The molecule has 0 saturated heterocycles. The molecule has 0 fully saturated rings. The number of carbonyl (C=O) groups excluding carboxylic acids is 1. The Labute approximate surface area is 169 Å². The predicted molar refractivity (Wildman–Crippen MR) is 114 cm³/mol. The van der Waals surface area contributed by atoms with Crippen molar-refractivity contribution >= 4 is 28.3 Å². The van der Waals surface area contributed by atoms with Crippen molar-refractivity contribution in [2.24, 2.45) is 0 Å². The number of anilines is 1. The topological polar surface area (TPSA) is 75.6 Å². The average molecular weight is 389 g/mol. The van der Waals surface area contributed by atoms with Crippen molar-refractivity contribution in [1.82, 2.24) is 0 Å². The van der Waals surface area contributed by atoms with E-state index >= 15 is 0 Å². The van der Waals surface area contributed by atoms with Crippen LogP contribution in [0.2, 0.25) is 0 Å². The van der Waals surface area contributed by atoms with Gasteiger partial charge in [0.05, 0.1) is 11.3 Å². The Morgan fingerprint density at radius 3 is 2.52 bits per heavy atom. The summed E-state index contributed by atoms with van der Waals surface area (Å²) < 4.78 is 5.73. The Morgan fingerprint density at radius 1 is 0.931 bits per heavy atom. The highest BCUT2D eigenvalue weighted by atomic mass is 16.5. The highest BCUT2D eigenvalue weighted by Crippen LogP contribution is 2.20. The van der Waals surface area contributed by atoms with Crippen molar-refractivity contribution in [3.05, 3.63) is 84.4 Å². The van der Waals surface area contributed by atoms with Gasteiger partial charge in [-0.25, -0.2) is 4.79 Å². The molecule has 0 radical (unpaired) electrons. The summed E-state index contributed by atoms with van der Waals surface area (Å²) in [5.74, 6) is -0.431. The molecule has 0 unspecified atom stereocenters. The number of benzene rings is 3. The number of carboxylic acid groups (broad SMARTS) is 1. The summed E-state index contributed by atoms with van der Waals surface area (Å²) in [6.45, 7) is 0.469. The molecule has 0 aromatic heterocycles. The second kappa shape index (κ2) is 10.1. The first-order chi connectivity index (χ1) is 14.1. The summed E-state index contributed by atoms with van der Waals surface area (Å²) in [5, 5.41) is 14.1. The van der Waals surface area contributed by atoms with E-state index in [9.17, 15) is 9.59 Å². The van der Waals surface area contributed by atoms with E-state index in [1.165, 1.54) is 11.5 Å². The summed E-state index contributed by atoms with van der Waals surface area (Å²) in [5.41, 5.74) is 0.413. The Hall–Kier alpha value is -3.60. The number of ether oxygens (including phenoxy) is 1. The van der Waals surface area contributed by atoms with Crippen molar-refractivity contribution in [3.63, 3.8) is 0 Å². The Bertz CT molecular complexity index is 1030. The zero-order chi connectivity index (χ0) is 20.5. The highest BCUT2D eigenvalue weighted by molar-refractivity contribution is 6.00. The van der Waals surface area contributed by atoms with E-state index in [4.69, 9.17) is 9.84 Å². The van der Waals surface area contributed by atoms with Gasteiger partial charge in [-0.3, -0.25) is 4.79 Å². The lowest BCUT2D eigenvalue weighted by Gasteiger charge is -2.07. The third-order valence-corrected chi connectivity index (χ3v) is 4.44. The molecule has 0 saturated carbocycles. The van der Waals surface area contributed by atoms with Crippen LogP contribution in [-0.2, 0) is 4.79 Å². The number of amides is 1. The second-order valence-electron chi connectivity index (χ2n) is 6.58. The SMILES string of the molecule is O=C(CCC/C=C/COc1ccc2ccccc2c1)Nc1ccccc1C(=O)O. The van der Waals surface area contributed by atoms with Crippen LogP contribution in [0.25, 0.3) is 10.8 Å². The molecule has 3 aromatic carbocycles. The number of hydrogen-bond acceptors (Lipinski definition) is 3. The number of fused-ring (bicyclic) bond motifs is 1. The number of unbranched alkanes of at least 4 members (excludes halogenated alkanes) is 1. The first kappa shape index (κ1) is 20.1. The number of allylic oxidation sites excluding steroid dienone is 1. The Balaban J connectivity index is 1.37. The van der Waals surface area contributed by atoms with Gasteiger partial charge in [-0.2, -0.15) is 0 Å². The van der Waals surface area contributed by atoms with E-state index in [0.29, 0.717) is 25.1 Å². The van der Waals surface area contributed by atoms with Gasteiger partial charge in [-0.05, 0) is 47.9 Å². The molecule has 0 spiro atoms. The minimum Gasteiger partial charge on any atom is -0.490 e. The smallest absolute Gasteiger partial charge is 0.337 e. The number of carboxylic acids is 1. The molecule has 5 nitrogen and oxygen atoms in total. The van der Waals surface area contributed by atoms with Gasteiger partial charge in [0.2, 0.25) is 5.91 Å². The molecule has 3 rings (SSSR count). The van der Waals surface area contributed by atoms with Crippen LogP contribution in [-0.4, -0.2) is 23.6 Å². The van der Waals surface area contributed by atoms with E-state index in [1.54, 1.807) is 18.2 Å². The maximum absolute atomic E-state index is 12.0. The number of nitrogens with one attached hydrogen (secondary N) is 1. The first-order valence-electron chi connectivity index (χ1n) is 9.52. The van der Waals surface area contributed by atoms with E-state index < -0.39 is 5.97 Å². The maximum Gasteiger partial charge on any atom is 0.337 e. The molecule has 2 N–H and O–H groups in total. The van der Waals surface area contributed by atoms with Gasteiger partial charge < -0.3 is 15.2 Å². The van der Waals surface area contributed by atoms with Crippen LogP contribution in [0, 0.1) is 0 Å². The van der Waals surface area contributed by atoms with E-state index in [2.05, 4.69) is 17.4 Å². The predicted octanol–water partition coefficient (Wildman–Crippen LogP) is 5.28. The minimum atomic E-state index is -1.06. The first-order valence-corrected chi connectivity index (χ1v) is 9.52. The number of carbonyl (C=O) groups is 2. The van der Waals surface area contributed by atoms with Crippen molar-refractivity contribution in [1.29, 1.82) is 0 Å². The fourth-order valence-corrected chi connectivity index (χ4v) is 2.96. The van der Waals surface area contributed by atoms with Crippen molar-refractivity contribution in [2.75, 3.05) is 11.9 Å². The molecule has 0 aliphatic carbocycles. The van der Waals surface area contributed by atoms with Gasteiger partial charge in [0.25, 0.3) is 0 Å². The highest BCUT2D eigenvalue weighted by Gasteiger charge is 2.11. The van der Waals surface area contributed by atoms with Crippen molar-refractivity contribution < 1.29 is 19.4 Å². The van der Waals surface area contributed by atoms with Gasteiger partial charge >= 0.3 is 5.97 Å². The summed E-state index contributed by atoms with van der Waals surface area (Å²) in [7, 11) is 0. The van der Waals surface area contributed by atoms with Crippen LogP contribution >= 0.6 is 0 Å². The number of aromatic carboxylic acids is 1. The third kappa shape index (κ3) is 5.94. The molecule has 148 valence electrons. The molecule has 0 atom stereocenters. The summed E-state index contributed by atoms with van der Waals surface area (Å²) in [6.07, 6.45) is 5.67. The molecule has 0 heterocycles. The van der Waals surface area contributed by atoms with Gasteiger partial charge in [0.1, 0.15) is 12.4 Å². The van der Waals surface area contributed by atoms with Crippen LogP contribution in [0.5, 0.6) is 5.75 Å². The largest absolute Gasteiger partial charge is 0.490 e. The second-order valence-corrected chi connectivity index (χ2v) is 6.58. The van der Waals surface area contributed by atoms with Crippen molar-refractivity contribution in [3.8, 4) is 5.75 Å². The molecule has 0 aliphatic heterocycles. The molecule has 1 amide bonds. The minimum absolute atomic E-state index is 0.0894. The van der Waals surface area contributed by atoms with Gasteiger partial charge in [0.15, 0.2) is 0 Å². The molecule has 0 bridgehead atoms. The zero-order valence-corrected chi connectivity index (χ0v) is 16.0. The van der Waals surface area contributed by atoms with Crippen LogP contribution in [0.3, 0.4) is 0 Å². The summed E-state index contributed by atoms with van der Waals surface area (Å²) in [6, 6.07) is 20.5. The Morgan fingerprint density at radius 2 is 1.69 bits per heavy atom. The van der Waals surface area contributed by atoms with Crippen LogP contribution in [0.4, 0.5) is 5.69 Å². The molecule has 29 heavy (non-hydrogen) atoms. The van der Waals surface area contributed by atoms with E-state index in [0.717, 1.165) is 17.6 Å². The number of para-hydroxylation sites is 1. The molecular weight excluding hydrogens is 366 g/mol. The molecule has 3 aromatic rings. The average Bonchev–Trinajstić information content (AvgIpc) is 2.73. The van der Waals surface area contributed by atoms with E-state index in [-0.39, 0.29) is 11.5 Å². The normalized spacial score (nSPS) is 10.9. The third-order valence-electron chi connectivity index (χ3n) is 4.44. The molecule has 0 aliphatic rings. The quantitative estimate of drug-likeness (QED) is 0.385. The lowest BCUT2D eigenvalue weighted by Crippen LogP contribution is -2.14. The summed E-state index contributed by atoms with van der Waals surface area (Å²) >= 11 is 0. The Kier molecular flexibility index (Phi) is 7.00. The van der Waals surface area contributed by atoms with Crippen molar-refractivity contribution in [2.45, 2.75) is 19.3 Å². The zero-order valence-electron chi connectivity index (χ0n) is 16.0. The lowest BCUT2D eigenvalue weighted by atomic mass is 10.1. The molecule has 5 heteroatoms. The van der Waals surface area contributed by atoms with Crippen LogP contribution in [0.15, 0.2) is 78.9 Å². The number of rotatable bonds is 9. The van der Waals surface area contributed by atoms with Crippen LogP contribution in [0.1, 0.15) is 29.6 Å². The lowest BCUT2D eigenvalue weighted by molar-refractivity contribution is -0.116. The standard InChI is InChI=1S/C24H23NO4/c26-23(25-22-12-7-6-11-21(22)24(27)28)13-3-1-2-8-16-29-20-15-14-18-9-4-5-10-19(18)17-20/h2,4-12,14-15,17H,1,3,13,16H2,(H,25,26)(H,27,28)/b8-2+. The maximum atomic E-state index is 12.0.